The van der Waals surface area contributed by atoms with E-state index in [-0.39, 0.29) is 35.0 Å². The second-order valence-electron chi connectivity index (χ2n) is 12.2. The zero-order valence-corrected chi connectivity index (χ0v) is 22.1. The normalized spacial score (nSPS) is 26.0. The molecule has 2 aromatic rings. The van der Waals surface area contributed by atoms with Gasteiger partial charge in [-0.05, 0) is 71.9 Å². The third-order valence-electron chi connectivity index (χ3n) is 9.14. The lowest BCUT2D eigenvalue weighted by Gasteiger charge is -2.45. The Balaban J connectivity index is 1.12. The zero-order valence-electron chi connectivity index (χ0n) is 22.1. The van der Waals surface area contributed by atoms with Gasteiger partial charge in [0.1, 0.15) is 6.04 Å². The van der Waals surface area contributed by atoms with E-state index in [0.717, 1.165) is 50.0 Å². The molecule has 2 atom stereocenters. The molecule has 2 aromatic carbocycles. The molecule has 4 aliphatic rings. The number of carbonyl (C=O) groups excluding carboxylic acids is 3. The molecule has 1 N–H and O–H groups in total. The number of likely N-dealkylation sites (tertiary alicyclic amines) is 1. The standard InChI is InChI=1S/C31H34N4O3/c1-30(2)19-34(16-20-3-6-23(7-4-20)31(18-32)12-13-31)14-11-25(30)21-5-8-24-22(15-21)17-35(29(24)38)26-9-10-27(36)33-28(26)37/h3-8,15,25-26H,9-14,16-17,19H2,1-2H3,(H,33,36,37). The van der Waals surface area contributed by atoms with Crippen LogP contribution in [0.25, 0.3) is 0 Å². The van der Waals surface area contributed by atoms with E-state index in [0.29, 0.717) is 24.4 Å². The number of nitrogens with one attached hydrogen (secondary N) is 1. The van der Waals surface area contributed by atoms with Crippen molar-refractivity contribution in [3.8, 4) is 6.07 Å². The molecule has 0 spiro atoms. The maximum atomic E-state index is 13.1. The smallest absolute Gasteiger partial charge is 0.255 e. The first kappa shape index (κ1) is 24.8. The number of rotatable bonds is 5. The number of nitriles is 1. The first-order valence-corrected chi connectivity index (χ1v) is 13.7. The second kappa shape index (κ2) is 9.06. The number of hydrogen-bond donors (Lipinski definition) is 1. The predicted molar refractivity (Wildman–Crippen MR) is 142 cm³/mol. The van der Waals surface area contributed by atoms with Gasteiger partial charge in [-0.2, -0.15) is 5.26 Å². The third-order valence-corrected chi connectivity index (χ3v) is 9.14. The molecule has 1 saturated carbocycles. The largest absolute Gasteiger partial charge is 0.322 e. The van der Waals surface area contributed by atoms with Crippen molar-refractivity contribution >= 4 is 17.7 Å². The fraction of sp³-hybridized carbons (Fsp3) is 0.484. The zero-order chi connectivity index (χ0) is 26.7. The summed E-state index contributed by atoms with van der Waals surface area (Å²) in [5.74, 6) is -0.392. The molecule has 0 bridgehead atoms. The molecule has 7 nitrogen and oxygen atoms in total. The van der Waals surface area contributed by atoms with Crippen LogP contribution >= 0.6 is 0 Å². The number of imide groups is 1. The Morgan fingerprint density at radius 3 is 2.47 bits per heavy atom. The van der Waals surface area contributed by atoms with Gasteiger partial charge in [0.15, 0.2) is 0 Å². The summed E-state index contributed by atoms with van der Waals surface area (Å²) in [6, 6.07) is 16.7. The molecule has 1 aliphatic carbocycles. The van der Waals surface area contributed by atoms with Crippen molar-refractivity contribution < 1.29 is 14.4 Å². The summed E-state index contributed by atoms with van der Waals surface area (Å²) in [4.78, 5) is 41.2. The van der Waals surface area contributed by atoms with Crippen molar-refractivity contribution in [2.24, 2.45) is 5.41 Å². The van der Waals surface area contributed by atoms with Gasteiger partial charge in [-0.25, -0.2) is 0 Å². The molecule has 196 valence electrons. The molecule has 0 aromatic heterocycles. The summed E-state index contributed by atoms with van der Waals surface area (Å²) in [5, 5.41) is 11.8. The molecule has 0 radical (unpaired) electrons. The molecule has 6 rings (SSSR count). The Morgan fingerprint density at radius 2 is 1.82 bits per heavy atom. The molecular weight excluding hydrogens is 476 g/mol. The van der Waals surface area contributed by atoms with E-state index in [1.54, 1.807) is 4.90 Å². The van der Waals surface area contributed by atoms with Gasteiger partial charge in [0.2, 0.25) is 11.8 Å². The minimum atomic E-state index is -0.584. The Hall–Kier alpha value is -3.50. The van der Waals surface area contributed by atoms with Gasteiger partial charge in [-0.1, -0.05) is 50.2 Å². The van der Waals surface area contributed by atoms with Crippen LogP contribution in [0.4, 0.5) is 0 Å². The van der Waals surface area contributed by atoms with E-state index in [1.807, 2.05) is 6.07 Å². The summed E-state index contributed by atoms with van der Waals surface area (Å²) in [6.07, 6.45) is 3.61. The summed E-state index contributed by atoms with van der Waals surface area (Å²) in [5.41, 5.74) is 5.13. The highest BCUT2D eigenvalue weighted by Gasteiger charge is 2.45. The highest BCUT2D eigenvalue weighted by atomic mass is 16.2. The van der Waals surface area contributed by atoms with E-state index in [4.69, 9.17) is 0 Å². The van der Waals surface area contributed by atoms with Gasteiger partial charge in [-0.3, -0.25) is 24.6 Å². The Kier molecular flexibility index (Phi) is 5.92. The van der Waals surface area contributed by atoms with Crippen LogP contribution in [-0.2, 0) is 28.1 Å². The maximum Gasteiger partial charge on any atom is 0.255 e. The van der Waals surface area contributed by atoms with Crippen molar-refractivity contribution in [1.29, 1.82) is 5.26 Å². The number of carbonyl (C=O) groups is 3. The van der Waals surface area contributed by atoms with E-state index < -0.39 is 6.04 Å². The highest BCUT2D eigenvalue weighted by Crippen LogP contribution is 2.47. The topological polar surface area (TPSA) is 93.5 Å². The summed E-state index contributed by atoms with van der Waals surface area (Å²) in [7, 11) is 0. The van der Waals surface area contributed by atoms with Gasteiger partial charge in [0, 0.05) is 31.6 Å². The van der Waals surface area contributed by atoms with Gasteiger partial charge in [0.05, 0.1) is 11.5 Å². The van der Waals surface area contributed by atoms with Crippen molar-refractivity contribution in [2.75, 3.05) is 13.1 Å². The summed E-state index contributed by atoms with van der Waals surface area (Å²) >= 11 is 0. The second-order valence-corrected chi connectivity index (χ2v) is 12.2. The molecule has 3 fully saturated rings. The van der Waals surface area contributed by atoms with Crippen molar-refractivity contribution in [3.05, 3.63) is 70.3 Å². The minimum absolute atomic E-state index is 0.0528. The molecule has 2 unspecified atom stereocenters. The summed E-state index contributed by atoms with van der Waals surface area (Å²) < 4.78 is 0. The lowest BCUT2D eigenvalue weighted by Crippen LogP contribution is -2.52. The van der Waals surface area contributed by atoms with Gasteiger partial charge >= 0.3 is 0 Å². The van der Waals surface area contributed by atoms with Crippen LogP contribution in [0.5, 0.6) is 0 Å². The molecule has 7 heteroatoms. The van der Waals surface area contributed by atoms with Crippen LogP contribution in [0, 0.1) is 16.7 Å². The molecule has 3 amide bonds. The fourth-order valence-corrected chi connectivity index (χ4v) is 6.81. The minimum Gasteiger partial charge on any atom is -0.322 e. The fourth-order valence-electron chi connectivity index (χ4n) is 6.81. The monoisotopic (exact) mass is 510 g/mol. The van der Waals surface area contributed by atoms with Crippen LogP contribution in [0.2, 0.25) is 0 Å². The number of nitrogens with zero attached hydrogens (tertiary/aromatic N) is 3. The number of benzene rings is 2. The molecule has 2 saturated heterocycles. The van der Waals surface area contributed by atoms with Crippen molar-refractivity contribution in [3.63, 3.8) is 0 Å². The quantitative estimate of drug-likeness (QED) is 0.614. The van der Waals surface area contributed by atoms with Crippen molar-refractivity contribution in [1.82, 2.24) is 15.1 Å². The molecular formula is C31H34N4O3. The average Bonchev–Trinajstić information content (AvgIpc) is 3.62. The van der Waals surface area contributed by atoms with Gasteiger partial charge in [0.25, 0.3) is 5.91 Å². The molecule has 3 heterocycles. The van der Waals surface area contributed by atoms with Crippen LogP contribution < -0.4 is 5.32 Å². The third kappa shape index (κ3) is 4.31. The number of fused-ring (bicyclic) bond motifs is 1. The maximum absolute atomic E-state index is 13.1. The average molecular weight is 511 g/mol. The van der Waals surface area contributed by atoms with E-state index >= 15 is 0 Å². The molecule has 38 heavy (non-hydrogen) atoms. The van der Waals surface area contributed by atoms with Crippen molar-refractivity contribution in [2.45, 2.75) is 76.4 Å². The van der Waals surface area contributed by atoms with Gasteiger partial charge in [-0.15, -0.1) is 0 Å². The number of hydrogen-bond acceptors (Lipinski definition) is 5. The summed E-state index contributed by atoms with van der Waals surface area (Å²) in [6.45, 7) is 7.93. The number of amides is 3. The van der Waals surface area contributed by atoms with Gasteiger partial charge < -0.3 is 4.90 Å². The van der Waals surface area contributed by atoms with Crippen LogP contribution in [0.3, 0.4) is 0 Å². The highest BCUT2D eigenvalue weighted by molar-refractivity contribution is 6.05. The van der Waals surface area contributed by atoms with E-state index in [9.17, 15) is 19.6 Å². The van der Waals surface area contributed by atoms with E-state index in [1.165, 1.54) is 11.1 Å². The first-order chi connectivity index (χ1) is 18.2. The Labute approximate surface area is 223 Å². The lowest BCUT2D eigenvalue weighted by atomic mass is 9.70. The number of piperidine rings is 2. The van der Waals surface area contributed by atoms with Crippen LogP contribution in [-0.4, -0.2) is 46.7 Å². The first-order valence-electron chi connectivity index (χ1n) is 13.7. The van der Waals surface area contributed by atoms with Crippen LogP contribution in [0.15, 0.2) is 42.5 Å². The Bertz CT molecular complexity index is 1350. The predicted octanol–water partition coefficient (Wildman–Crippen LogP) is 4.02. The van der Waals surface area contributed by atoms with Crippen LogP contribution in [0.1, 0.15) is 84.5 Å². The molecule has 3 aliphatic heterocycles. The Morgan fingerprint density at radius 1 is 1.05 bits per heavy atom. The SMILES string of the molecule is CC1(C)CN(Cc2ccc(C3(C#N)CC3)cc2)CCC1c1ccc2c(c1)CN(C1CCC(=O)NC1=O)C2=O. The lowest BCUT2D eigenvalue weighted by molar-refractivity contribution is -0.136. The van der Waals surface area contributed by atoms with E-state index in [2.05, 4.69) is 66.5 Å².